The minimum absolute atomic E-state index is 0.0249. The third kappa shape index (κ3) is 4.72. The lowest BCUT2D eigenvalue weighted by atomic mass is 10.2. The molecule has 1 aromatic carbocycles. The van der Waals surface area contributed by atoms with Crippen molar-refractivity contribution >= 4 is 22.0 Å². The zero-order chi connectivity index (χ0) is 18.4. The van der Waals surface area contributed by atoms with E-state index in [1.807, 2.05) is 4.90 Å². The summed E-state index contributed by atoms with van der Waals surface area (Å²) in [5, 5.41) is 0. The first-order valence-corrected chi connectivity index (χ1v) is 10.7. The predicted octanol–water partition coefficient (Wildman–Crippen LogP) is 2.12. The van der Waals surface area contributed by atoms with Gasteiger partial charge >= 0.3 is 0 Å². The summed E-state index contributed by atoms with van der Waals surface area (Å²) in [4.78, 5) is 14.4. The van der Waals surface area contributed by atoms with E-state index in [4.69, 9.17) is 4.74 Å². The van der Waals surface area contributed by atoms with Gasteiger partial charge in [0.05, 0.1) is 18.1 Å². The molecule has 0 N–H and O–H groups in total. The SMILES string of the molecule is O=C(/C=C/c1ccc(S(=O)(=O)N2CCOCC2)cc1)N1CCCCCC1. The smallest absolute Gasteiger partial charge is 0.246 e. The van der Waals surface area contributed by atoms with E-state index >= 15 is 0 Å². The first kappa shape index (κ1) is 19.1. The molecule has 0 aliphatic carbocycles. The van der Waals surface area contributed by atoms with E-state index in [1.165, 1.54) is 17.1 Å². The van der Waals surface area contributed by atoms with E-state index in [0.717, 1.165) is 31.5 Å². The fourth-order valence-electron chi connectivity index (χ4n) is 3.25. The van der Waals surface area contributed by atoms with Crippen molar-refractivity contribution in [1.29, 1.82) is 0 Å². The molecule has 3 rings (SSSR count). The van der Waals surface area contributed by atoms with Crippen LogP contribution in [0.1, 0.15) is 31.2 Å². The summed E-state index contributed by atoms with van der Waals surface area (Å²) in [5.74, 6) is 0.0249. The Morgan fingerprint density at radius 3 is 2.15 bits per heavy atom. The number of hydrogen-bond acceptors (Lipinski definition) is 4. The van der Waals surface area contributed by atoms with Crippen LogP contribution in [0.3, 0.4) is 0 Å². The number of amides is 1. The molecule has 2 saturated heterocycles. The summed E-state index contributed by atoms with van der Waals surface area (Å²) >= 11 is 0. The Balaban J connectivity index is 1.64. The topological polar surface area (TPSA) is 66.9 Å². The van der Waals surface area contributed by atoms with E-state index in [-0.39, 0.29) is 10.8 Å². The molecule has 2 fully saturated rings. The van der Waals surface area contributed by atoms with Crippen molar-refractivity contribution in [3.05, 3.63) is 35.9 Å². The fourth-order valence-corrected chi connectivity index (χ4v) is 4.66. The Hall–Kier alpha value is -1.70. The second kappa shape index (κ2) is 8.79. The Bertz CT molecular complexity index is 729. The zero-order valence-electron chi connectivity index (χ0n) is 15.0. The molecule has 2 aliphatic rings. The van der Waals surface area contributed by atoms with E-state index in [1.54, 1.807) is 36.4 Å². The predicted molar refractivity (Wildman–Crippen MR) is 100 cm³/mol. The van der Waals surface area contributed by atoms with Gasteiger partial charge in [-0.1, -0.05) is 25.0 Å². The van der Waals surface area contributed by atoms with Gasteiger partial charge in [-0.25, -0.2) is 8.42 Å². The van der Waals surface area contributed by atoms with Crippen molar-refractivity contribution in [2.75, 3.05) is 39.4 Å². The molecular formula is C19H26N2O4S. The number of hydrogen-bond donors (Lipinski definition) is 0. The maximum absolute atomic E-state index is 12.6. The average Bonchev–Trinajstić information content (AvgIpc) is 2.97. The largest absolute Gasteiger partial charge is 0.379 e. The van der Waals surface area contributed by atoms with Crippen molar-refractivity contribution in [2.45, 2.75) is 30.6 Å². The van der Waals surface area contributed by atoms with Crippen LogP contribution >= 0.6 is 0 Å². The number of ether oxygens (including phenoxy) is 1. The van der Waals surface area contributed by atoms with Crippen LogP contribution in [0.15, 0.2) is 35.2 Å². The van der Waals surface area contributed by atoms with Gasteiger partial charge in [0, 0.05) is 32.3 Å². The summed E-state index contributed by atoms with van der Waals surface area (Å²) in [6.45, 7) is 3.26. The van der Waals surface area contributed by atoms with Crippen LogP contribution in [0.5, 0.6) is 0 Å². The second-order valence-electron chi connectivity index (χ2n) is 6.66. The molecule has 142 valence electrons. The molecule has 0 saturated carbocycles. The fraction of sp³-hybridized carbons (Fsp3) is 0.526. The van der Waals surface area contributed by atoms with Gasteiger partial charge in [0.1, 0.15) is 0 Å². The molecule has 0 spiro atoms. The maximum Gasteiger partial charge on any atom is 0.246 e. The van der Waals surface area contributed by atoms with Crippen LogP contribution in [0.2, 0.25) is 0 Å². The zero-order valence-corrected chi connectivity index (χ0v) is 15.8. The molecule has 7 heteroatoms. The van der Waals surface area contributed by atoms with Gasteiger partial charge in [0.2, 0.25) is 15.9 Å². The van der Waals surface area contributed by atoms with E-state index in [0.29, 0.717) is 26.3 Å². The second-order valence-corrected chi connectivity index (χ2v) is 8.60. The molecule has 0 aromatic heterocycles. The molecule has 2 heterocycles. The Kier molecular flexibility index (Phi) is 6.45. The lowest BCUT2D eigenvalue weighted by Crippen LogP contribution is -2.40. The number of likely N-dealkylation sites (tertiary alicyclic amines) is 1. The van der Waals surface area contributed by atoms with Crippen molar-refractivity contribution in [3.8, 4) is 0 Å². The van der Waals surface area contributed by atoms with Gasteiger partial charge in [0.25, 0.3) is 0 Å². The standard InChI is InChI=1S/C19H26N2O4S/c22-19(20-11-3-1-2-4-12-20)10-7-17-5-8-18(9-6-17)26(23,24)21-13-15-25-16-14-21/h5-10H,1-4,11-16H2/b10-7+. The van der Waals surface area contributed by atoms with Gasteiger partial charge in [-0.3, -0.25) is 4.79 Å². The molecule has 6 nitrogen and oxygen atoms in total. The number of morpholine rings is 1. The van der Waals surface area contributed by atoms with Crippen molar-refractivity contribution < 1.29 is 17.9 Å². The number of rotatable bonds is 4. The van der Waals surface area contributed by atoms with Gasteiger partial charge in [0.15, 0.2) is 0 Å². The van der Waals surface area contributed by atoms with Crippen LogP contribution in [0.25, 0.3) is 6.08 Å². The van der Waals surface area contributed by atoms with Crippen LogP contribution in [-0.4, -0.2) is 62.9 Å². The lowest BCUT2D eigenvalue weighted by Gasteiger charge is -2.26. The molecule has 0 bridgehead atoms. The van der Waals surface area contributed by atoms with E-state index in [9.17, 15) is 13.2 Å². The van der Waals surface area contributed by atoms with E-state index in [2.05, 4.69) is 0 Å². The Morgan fingerprint density at radius 1 is 0.923 bits per heavy atom. The lowest BCUT2D eigenvalue weighted by molar-refractivity contribution is -0.125. The van der Waals surface area contributed by atoms with Crippen LogP contribution in [0.4, 0.5) is 0 Å². The molecule has 0 radical (unpaired) electrons. The monoisotopic (exact) mass is 378 g/mol. The number of carbonyl (C=O) groups is 1. The summed E-state index contributed by atoms with van der Waals surface area (Å²) < 4.78 is 31.8. The number of sulfonamides is 1. The Morgan fingerprint density at radius 2 is 1.54 bits per heavy atom. The van der Waals surface area contributed by atoms with Crippen molar-refractivity contribution in [1.82, 2.24) is 9.21 Å². The minimum Gasteiger partial charge on any atom is -0.379 e. The average molecular weight is 378 g/mol. The molecular weight excluding hydrogens is 352 g/mol. The Labute approximate surface area is 155 Å². The minimum atomic E-state index is -3.48. The molecule has 0 atom stereocenters. The van der Waals surface area contributed by atoms with E-state index < -0.39 is 10.0 Å². The molecule has 26 heavy (non-hydrogen) atoms. The summed E-state index contributed by atoms with van der Waals surface area (Å²) in [6.07, 6.45) is 7.83. The molecule has 1 aromatic rings. The van der Waals surface area contributed by atoms with Gasteiger partial charge in [-0.15, -0.1) is 0 Å². The first-order chi connectivity index (χ1) is 12.6. The molecule has 0 unspecified atom stereocenters. The highest BCUT2D eigenvalue weighted by Crippen LogP contribution is 2.18. The van der Waals surface area contributed by atoms with Gasteiger partial charge in [-0.05, 0) is 36.6 Å². The van der Waals surface area contributed by atoms with Crippen molar-refractivity contribution in [3.63, 3.8) is 0 Å². The van der Waals surface area contributed by atoms with Gasteiger partial charge < -0.3 is 9.64 Å². The number of benzene rings is 1. The van der Waals surface area contributed by atoms with Crippen LogP contribution < -0.4 is 0 Å². The van der Waals surface area contributed by atoms with Crippen LogP contribution in [0, 0.1) is 0 Å². The van der Waals surface area contributed by atoms with Crippen LogP contribution in [-0.2, 0) is 19.6 Å². The summed E-state index contributed by atoms with van der Waals surface area (Å²) in [7, 11) is -3.48. The summed E-state index contributed by atoms with van der Waals surface area (Å²) in [5.41, 5.74) is 0.814. The quantitative estimate of drug-likeness (QED) is 0.753. The highest BCUT2D eigenvalue weighted by molar-refractivity contribution is 7.89. The highest BCUT2D eigenvalue weighted by Gasteiger charge is 2.25. The maximum atomic E-state index is 12.6. The number of carbonyl (C=O) groups excluding carboxylic acids is 1. The third-order valence-electron chi connectivity index (χ3n) is 4.82. The number of nitrogens with zero attached hydrogens (tertiary/aromatic N) is 2. The molecule has 2 aliphatic heterocycles. The third-order valence-corrected chi connectivity index (χ3v) is 6.74. The van der Waals surface area contributed by atoms with Crippen molar-refractivity contribution in [2.24, 2.45) is 0 Å². The summed E-state index contributed by atoms with van der Waals surface area (Å²) in [6, 6.07) is 6.67. The first-order valence-electron chi connectivity index (χ1n) is 9.22. The highest BCUT2D eigenvalue weighted by atomic mass is 32.2. The molecule has 1 amide bonds. The normalized spacial score (nSPS) is 20.2. The van der Waals surface area contributed by atoms with Gasteiger partial charge in [-0.2, -0.15) is 4.31 Å².